The van der Waals surface area contributed by atoms with E-state index in [9.17, 15) is 9.18 Å². The van der Waals surface area contributed by atoms with Crippen LogP contribution in [0.3, 0.4) is 0 Å². The molecule has 0 saturated heterocycles. The minimum Gasteiger partial charge on any atom is -0.476 e. The summed E-state index contributed by atoms with van der Waals surface area (Å²) < 4.78 is 18.5. The third-order valence-electron chi connectivity index (χ3n) is 3.06. The van der Waals surface area contributed by atoms with Crippen molar-refractivity contribution in [2.24, 2.45) is 5.73 Å². The van der Waals surface area contributed by atoms with E-state index in [0.717, 1.165) is 18.9 Å². The average molecular weight is 258 g/mol. The van der Waals surface area contributed by atoms with Gasteiger partial charge in [-0.25, -0.2) is 4.39 Å². The molecular weight excluding hydrogens is 245 g/mol. The highest BCUT2D eigenvalue weighted by molar-refractivity contribution is 6.32. The lowest BCUT2D eigenvalue weighted by atomic mass is 10.0. The highest BCUT2D eigenvalue weighted by atomic mass is 35.5. The molecule has 0 bridgehead atoms. The lowest BCUT2D eigenvalue weighted by Crippen LogP contribution is -2.46. The Kier molecular flexibility index (Phi) is 3.24. The van der Waals surface area contributed by atoms with Gasteiger partial charge in [-0.2, -0.15) is 0 Å². The zero-order chi connectivity index (χ0) is 12.5. The first-order valence-electron chi connectivity index (χ1n) is 5.47. The van der Waals surface area contributed by atoms with E-state index in [2.05, 4.69) is 0 Å². The van der Waals surface area contributed by atoms with Gasteiger partial charge < -0.3 is 10.5 Å². The molecule has 92 valence electrons. The summed E-state index contributed by atoms with van der Waals surface area (Å²) in [6.45, 7) is 0. The van der Waals surface area contributed by atoms with Gasteiger partial charge in [0.2, 0.25) is 0 Å². The summed E-state index contributed by atoms with van der Waals surface area (Å²) in [6.07, 6.45) is 2.94. The van der Waals surface area contributed by atoms with Crippen LogP contribution in [0.2, 0.25) is 5.02 Å². The Hall–Kier alpha value is -1.29. The molecule has 0 atom stereocenters. The van der Waals surface area contributed by atoms with E-state index < -0.39 is 17.3 Å². The predicted molar refractivity (Wildman–Crippen MR) is 62.4 cm³/mol. The van der Waals surface area contributed by atoms with Crippen LogP contribution in [0.5, 0.6) is 5.75 Å². The van der Waals surface area contributed by atoms with Gasteiger partial charge in [-0.05, 0) is 43.9 Å². The fourth-order valence-electron chi connectivity index (χ4n) is 2.11. The van der Waals surface area contributed by atoms with Crippen LogP contribution in [-0.2, 0) is 4.79 Å². The summed E-state index contributed by atoms with van der Waals surface area (Å²) in [5, 5.41) is 0.150. The molecule has 1 fully saturated rings. The molecule has 17 heavy (non-hydrogen) atoms. The van der Waals surface area contributed by atoms with Gasteiger partial charge in [0, 0.05) is 0 Å². The van der Waals surface area contributed by atoms with Gasteiger partial charge in [0.05, 0.1) is 5.02 Å². The van der Waals surface area contributed by atoms with Gasteiger partial charge in [-0.3, -0.25) is 4.79 Å². The van der Waals surface area contributed by atoms with E-state index in [0.29, 0.717) is 18.6 Å². The molecule has 1 aromatic carbocycles. The molecular formula is C12H13ClFNO2. The highest BCUT2D eigenvalue weighted by Gasteiger charge is 2.42. The average Bonchev–Trinajstić information content (AvgIpc) is 2.72. The molecule has 1 aliphatic carbocycles. The van der Waals surface area contributed by atoms with Crippen molar-refractivity contribution in [1.29, 1.82) is 0 Å². The monoisotopic (exact) mass is 257 g/mol. The topological polar surface area (TPSA) is 52.3 Å². The van der Waals surface area contributed by atoms with E-state index in [4.69, 9.17) is 22.1 Å². The molecule has 1 aromatic rings. The van der Waals surface area contributed by atoms with Crippen LogP contribution in [0.1, 0.15) is 25.7 Å². The molecule has 5 heteroatoms. The third-order valence-corrected chi connectivity index (χ3v) is 3.35. The molecule has 0 spiro atoms. The fourth-order valence-corrected chi connectivity index (χ4v) is 2.32. The molecule has 0 unspecified atom stereocenters. The van der Waals surface area contributed by atoms with Crippen LogP contribution >= 0.6 is 11.6 Å². The number of benzene rings is 1. The van der Waals surface area contributed by atoms with Crippen molar-refractivity contribution in [2.75, 3.05) is 0 Å². The minimum absolute atomic E-state index is 0.150. The summed E-state index contributed by atoms with van der Waals surface area (Å²) >= 11 is 5.86. The number of hydrogen-bond acceptors (Lipinski definition) is 2. The Morgan fingerprint density at radius 2 is 2.06 bits per heavy atom. The quantitative estimate of drug-likeness (QED) is 0.905. The minimum atomic E-state index is -0.985. The molecule has 2 rings (SSSR count). The second-order valence-corrected chi connectivity index (χ2v) is 4.65. The van der Waals surface area contributed by atoms with Crippen molar-refractivity contribution in [1.82, 2.24) is 0 Å². The number of hydrogen-bond donors (Lipinski definition) is 1. The van der Waals surface area contributed by atoms with E-state index in [-0.39, 0.29) is 5.02 Å². The molecule has 0 radical (unpaired) electrons. The SMILES string of the molecule is NC(=O)C1(Oc2ccc(F)cc2Cl)CCCC1. The fraction of sp³-hybridized carbons (Fsp3) is 0.417. The second-order valence-electron chi connectivity index (χ2n) is 4.24. The van der Waals surface area contributed by atoms with Gasteiger partial charge in [-0.15, -0.1) is 0 Å². The number of amides is 1. The van der Waals surface area contributed by atoms with Crippen LogP contribution < -0.4 is 10.5 Å². The van der Waals surface area contributed by atoms with Crippen molar-refractivity contribution >= 4 is 17.5 Å². The number of ether oxygens (including phenoxy) is 1. The standard InChI is InChI=1S/C12H13ClFNO2/c13-9-7-8(14)3-4-10(9)17-12(11(15)16)5-1-2-6-12/h3-4,7H,1-2,5-6H2,(H2,15,16). The van der Waals surface area contributed by atoms with E-state index in [1.807, 2.05) is 0 Å². The van der Waals surface area contributed by atoms with Gasteiger partial charge in [0.15, 0.2) is 5.60 Å². The molecule has 1 aliphatic rings. The molecule has 3 nitrogen and oxygen atoms in total. The van der Waals surface area contributed by atoms with Crippen LogP contribution in [0, 0.1) is 5.82 Å². The molecule has 2 N–H and O–H groups in total. The van der Waals surface area contributed by atoms with Gasteiger partial charge in [0.25, 0.3) is 5.91 Å². The number of primary amides is 1. The highest BCUT2D eigenvalue weighted by Crippen LogP contribution is 2.37. The van der Waals surface area contributed by atoms with Crippen molar-refractivity contribution in [3.63, 3.8) is 0 Å². The van der Waals surface area contributed by atoms with Crippen LogP contribution in [0.25, 0.3) is 0 Å². The molecule has 0 aromatic heterocycles. The number of carbonyl (C=O) groups is 1. The maximum absolute atomic E-state index is 12.9. The summed E-state index contributed by atoms with van der Waals surface area (Å²) in [4.78, 5) is 11.5. The van der Waals surface area contributed by atoms with E-state index in [1.165, 1.54) is 12.1 Å². The first-order valence-corrected chi connectivity index (χ1v) is 5.85. The lowest BCUT2D eigenvalue weighted by Gasteiger charge is -2.27. The zero-order valence-corrected chi connectivity index (χ0v) is 9.97. The normalized spacial score (nSPS) is 18.0. The number of carbonyl (C=O) groups excluding carboxylic acids is 1. The van der Waals surface area contributed by atoms with Gasteiger partial charge >= 0.3 is 0 Å². The number of halogens is 2. The smallest absolute Gasteiger partial charge is 0.261 e. The molecule has 1 amide bonds. The van der Waals surface area contributed by atoms with Crippen molar-refractivity contribution in [3.05, 3.63) is 29.0 Å². The Balaban J connectivity index is 2.26. The predicted octanol–water partition coefficient (Wildman–Crippen LogP) is 2.66. The van der Waals surface area contributed by atoms with Gasteiger partial charge in [-0.1, -0.05) is 11.6 Å². The maximum Gasteiger partial charge on any atom is 0.261 e. The van der Waals surface area contributed by atoms with Gasteiger partial charge in [0.1, 0.15) is 11.6 Å². The van der Waals surface area contributed by atoms with Crippen molar-refractivity contribution < 1.29 is 13.9 Å². The Labute approximate surface area is 104 Å². The number of nitrogens with two attached hydrogens (primary N) is 1. The maximum atomic E-state index is 12.9. The third kappa shape index (κ3) is 2.36. The Morgan fingerprint density at radius 3 is 2.59 bits per heavy atom. The van der Waals surface area contributed by atoms with Crippen LogP contribution in [0.15, 0.2) is 18.2 Å². The zero-order valence-electron chi connectivity index (χ0n) is 9.21. The van der Waals surface area contributed by atoms with Crippen molar-refractivity contribution in [3.8, 4) is 5.75 Å². The Bertz CT molecular complexity index is 444. The van der Waals surface area contributed by atoms with E-state index in [1.54, 1.807) is 0 Å². The second kappa shape index (κ2) is 4.53. The first-order chi connectivity index (χ1) is 8.03. The molecule has 1 saturated carbocycles. The molecule has 0 heterocycles. The first kappa shape index (κ1) is 12.2. The summed E-state index contributed by atoms with van der Waals surface area (Å²) in [7, 11) is 0. The number of rotatable bonds is 3. The summed E-state index contributed by atoms with van der Waals surface area (Å²) in [6, 6.07) is 3.81. The largest absolute Gasteiger partial charge is 0.476 e. The van der Waals surface area contributed by atoms with Crippen molar-refractivity contribution in [2.45, 2.75) is 31.3 Å². The van der Waals surface area contributed by atoms with Crippen LogP contribution in [0.4, 0.5) is 4.39 Å². The van der Waals surface area contributed by atoms with Crippen LogP contribution in [-0.4, -0.2) is 11.5 Å². The van der Waals surface area contributed by atoms with E-state index >= 15 is 0 Å². The summed E-state index contributed by atoms with van der Waals surface area (Å²) in [5.74, 6) is -0.633. The molecule has 0 aliphatic heterocycles. The summed E-state index contributed by atoms with van der Waals surface area (Å²) in [5.41, 5.74) is 4.39. The Morgan fingerprint density at radius 1 is 1.41 bits per heavy atom. The lowest BCUT2D eigenvalue weighted by molar-refractivity contribution is -0.132.